The Labute approximate surface area is 112 Å². The predicted molar refractivity (Wildman–Crippen MR) is 70.7 cm³/mol. The molecule has 0 aliphatic carbocycles. The van der Waals surface area contributed by atoms with Crippen LogP contribution in [0.5, 0.6) is 5.88 Å². The van der Waals surface area contributed by atoms with E-state index in [4.69, 9.17) is 4.74 Å². The Kier molecular flexibility index (Phi) is 4.61. The fourth-order valence-corrected chi connectivity index (χ4v) is 2.89. The molecule has 1 N–H and O–H groups in total. The van der Waals surface area contributed by atoms with E-state index in [0.29, 0.717) is 5.88 Å². The molecule has 1 aromatic rings. The van der Waals surface area contributed by atoms with Gasteiger partial charge >= 0.3 is 0 Å². The van der Waals surface area contributed by atoms with Crippen molar-refractivity contribution in [3.63, 3.8) is 0 Å². The van der Waals surface area contributed by atoms with E-state index in [1.54, 1.807) is 6.20 Å². The van der Waals surface area contributed by atoms with E-state index in [2.05, 4.69) is 42.2 Å². The van der Waals surface area contributed by atoms with Gasteiger partial charge in [0.1, 0.15) is 0 Å². The topological polar surface area (TPSA) is 34.1 Å². The Balaban J connectivity index is 1.80. The zero-order chi connectivity index (χ0) is 11.4. The second-order valence-electron chi connectivity index (χ2n) is 3.94. The summed E-state index contributed by atoms with van der Waals surface area (Å²) in [5.74, 6) is 1.43. The predicted octanol–water partition coefficient (Wildman–Crippen LogP) is 2.99. The van der Waals surface area contributed by atoms with Crippen molar-refractivity contribution in [3.05, 3.63) is 21.2 Å². The summed E-state index contributed by atoms with van der Waals surface area (Å²) in [5.41, 5.74) is 0. The van der Waals surface area contributed by atoms with Gasteiger partial charge in [0.05, 0.1) is 11.1 Å². The summed E-state index contributed by atoms with van der Waals surface area (Å²) in [4.78, 5) is 4.21. The maximum atomic E-state index is 5.65. The summed E-state index contributed by atoms with van der Waals surface area (Å²) < 4.78 is 7.49. The highest BCUT2D eigenvalue weighted by molar-refractivity contribution is 9.11. The van der Waals surface area contributed by atoms with E-state index in [-0.39, 0.29) is 0 Å². The van der Waals surface area contributed by atoms with Crippen molar-refractivity contribution in [1.29, 1.82) is 0 Å². The molecule has 1 aromatic heterocycles. The molecule has 0 spiro atoms. The lowest BCUT2D eigenvalue weighted by atomic mass is 10.1. The van der Waals surface area contributed by atoms with E-state index in [0.717, 1.165) is 41.0 Å². The Morgan fingerprint density at radius 2 is 2.38 bits per heavy atom. The average molecular weight is 350 g/mol. The third kappa shape index (κ3) is 3.43. The van der Waals surface area contributed by atoms with Gasteiger partial charge in [-0.1, -0.05) is 0 Å². The average Bonchev–Trinajstić information content (AvgIpc) is 2.74. The fourth-order valence-electron chi connectivity index (χ4n) is 1.79. The molecule has 1 aliphatic heterocycles. The van der Waals surface area contributed by atoms with Gasteiger partial charge < -0.3 is 10.1 Å². The SMILES string of the molecule is Brc1cnc(OCCC2CCNC2)c(Br)c1. The summed E-state index contributed by atoms with van der Waals surface area (Å²) in [7, 11) is 0. The molecule has 0 bridgehead atoms. The second kappa shape index (κ2) is 5.98. The van der Waals surface area contributed by atoms with E-state index >= 15 is 0 Å². The first-order chi connectivity index (χ1) is 7.75. The first-order valence-electron chi connectivity index (χ1n) is 5.40. The molecule has 1 fully saturated rings. The highest BCUT2D eigenvalue weighted by Gasteiger charge is 2.14. The van der Waals surface area contributed by atoms with Crippen molar-refractivity contribution < 1.29 is 4.74 Å². The zero-order valence-electron chi connectivity index (χ0n) is 8.88. The van der Waals surface area contributed by atoms with Crippen LogP contribution in [0, 0.1) is 5.92 Å². The largest absolute Gasteiger partial charge is 0.477 e. The van der Waals surface area contributed by atoms with Crippen LogP contribution in [0.4, 0.5) is 0 Å². The van der Waals surface area contributed by atoms with Crippen LogP contribution in [-0.2, 0) is 0 Å². The number of hydrogen-bond acceptors (Lipinski definition) is 3. The van der Waals surface area contributed by atoms with E-state index in [1.807, 2.05) is 6.07 Å². The maximum Gasteiger partial charge on any atom is 0.228 e. The second-order valence-corrected chi connectivity index (χ2v) is 5.71. The molecule has 0 radical (unpaired) electrons. The third-order valence-corrected chi connectivity index (χ3v) is 3.70. The van der Waals surface area contributed by atoms with Crippen molar-refractivity contribution in [2.75, 3.05) is 19.7 Å². The molecule has 2 heterocycles. The van der Waals surface area contributed by atoms with Gasteiger partial charge in [0.2, 0.25) is 5.88 Å². The van der Waals surface area contributed by atoms with E-state index in [1.165, 1.54) is 6.42 Å². The standard InChI is InChI=1S/C11H14Br2N2O/c12-9-5-10(13)11(15-7-9)16-4-2-8-1-3-14-6-8/h5,7-8,14H,1-4,6H2. The third-order valence-electron chi connectivity index (χ3n) is 2.70. The van der Waals surface area contributed by atoms with Crippen LogP contribution in [0.3, 0.4) is 0 Å². The first-order valence-corrected chi connectivity index (χ1v) is 6.99. The molecule has 1 aliphatic rings. The zero-order valence-corrected chi connectivity index (χ0v) is 12.1. The molecular formula is C11H14Br2N2O. The number of aromatic nitrogens is 1. The first kappa shape index (κ1) is 12.3. The van der Waals surface area contributed by atoms with Gasteiger partial charge in [-0.15, -0.1) is 0 Å². The summed E-state index contributed by atoms with van der Waals surface area (Å²) in [6, 6.07) is 1.94. The van der Waals surface area contributed by atoms with Crippen molar-refractivity contribution >= 4 is 31.9 Å². The molecule has 1 atom stereocenters. The molecule has 5 heteroatoms. The van der Waals surface area contributed by atoms with Gasteiger partial charge in [-0.25, -0.2) is 4.98 Å². The highest BCUT2D eigenvalue weighted by Crippen LogP contribution is 2.25. The minimum atomic E-state index is 0.675. The smallest absolute Gasteiger partial charge is 0.228 e. The summed E-state index contributed by atoms with van der Waals surface area (Å²) in [6.45, 7) is 3.00. The Morgan fingerprint density at radius 1 is 1.50 bits per heavy atom. The Bertz CT molecular complexity index is 354. The number of nitrogens with one attached hydrogen (secondary N) is 1. The summed E-state index contributed by atoms with van der Waals surface area (Å²) in [6.07, 6.45) is 4.10. The number of pyridine rings is 1. The van der Waals surface area contributed by atoms with Crippen molar-refractivity contribution in [1.82, 2.24) is 10.3 Å². The van der Waals surface area contributed by atoms with Gasteiger partial charge in [0.15, 0.2) is 0 Å². The molecule has 16 heavy (non-hydrogen) atoms. The van der Waals surface area contributed by atoms with E-state index < -0.39 is 0 Å². The van der Waals surface area contributed by atoms with Crippen LogP contribution >= 0.6 is 31.9 Å². The number of nitrogens with zero attached hydrogens (tertiary/aromatic N) is 1. The lowest BCUT2D eigenvalue weighted by Crippen LogP contribution is -2.12. The molecule has 0 aromatic carbocycles. The van der Waals surface area contributed by atoms with Crippen LogP contribution in [0.2, 0.25) is 0 Å². The van der Waals surface area contributed by atoms with Crippen LogP contribution < -0.4 is 10.1 Å². The van der Waals surface area contributed by atoms with Crippen LogP contribution in [0.25, 0.3) is 0 Å². The van der Waals surface area contributed by atoms with Crippen LogP contribution in [-0.4, -0.2) is 24.7 Å². The summed E-state index contributed by atoms with van der Waals surface area (Å²) >= 11 is 6.79. The Hall–Kier alpha value is -0.130. The molecule has 88 valence electrons. The van der Waals surface area contributed by atoms with Gasteiger partial charge in [-0.05, 0) is 69.8 Å². The lowest BCUT2D eigenvalue weighted by Gasteiger charge is -2.10. The van der Waals surface area contributed by atoms with Crippen LogP contribution in [0.1, 0.15) is 12.8 Å². The van der Waals surface area contributed by atoms with Crippen molar-refractivity contribution in [2.45, 2.75) is 12.8 Å². The van der Waals surface area contributed by atoms with Crippen LogP contribution in [0.15, 0.2) is 21.2 Å². The number of ether oxygens (including phenoxy) is 1. The molecule has 3 nitrogen and oxygen atoms in total. The van der Waals surface area contributed by atoms with Gasteiger partial charge in [-0.2, -0.15) is 0 Å². The molecule has 2 rings (SSSR count). The molecule has 1 saturated heterocycles. The minimum Gasteiger partial charge on any atom is -0.477 e. The van der Waals surface area contributed by atoms with Gasteiger partial charge in [0.25, 0.3) is 0 Å². The van der Waals surface area contributed by atoms with Gasteiger partial charge in [-0.3, -0.25) is 0 Å². The minimum absolute atomic E-state index is 0.675. The molecular weight excluding hydrogens is 336 g/mol. The van der Waals surface area contributed by atoms with Crippen molar-refractivity contribution in [2.24, 2.45) is 5.92 Å². The Morgan fingerprint density at radius 3 is 3.06 bits per heavy atom. The molecule has 0 amide bonds. The number of hydrogen-bond donors (Lipinski definition) is 1. The monoisotopic (exact) mass is 348 g/mol. The van der Waals surface area contributed by atoms with E-state index in [9.17, 15) is 0 Å². The quantitative estimate of drug-likeness (QED) is 0.907. The van der Waals surface area contributed by atoms with Crippen molar-refractivity contribution in [3.8, 4) is 5.88 Å². The number of halogens is 2. The maximum absolute atomic E-state index is 5.65. The normalized spacial score (nSPS) is 20.0. The fraction of sp³-hybridized carbons (Fsp3) is 0.545. The highest BCUT2D eigenvalue weighted by atomic mass is 79.9. The molecule has 0 saturated carbocycles. The molecule has 1 unspecified atom stereocenters. The van der Waals surface area contributed by atoms with Gasteiger partial charge in [0, 0.05) is 10.7 Å². The summed E-state index contributed by atoms with van der Waals surface area (Å²) in [5, 5.41) is 3.35. The lowest BCUT2D eigenvalue weighted by molar-refractivity contribution is 0.272. The number of rotatable bonds is 4.